The highest BCUT2D eigenvalue weighted by molar-refractivity contribution is 5.79. The van der Waals surface area contributed by atoms with Crippen LogP contribution in [0.25, 0.3) is 36.5 Å². The molecule has 0 aliphatic carbocycles. The van der Waals surface area contributed by atoms with E-state index in [1.807, 2.05) is 0 Å². The Bertz CT molecular complexity index is 1770. The zero-order valence-electron chi connectivity index (χ0n) is 46.1. The van der Waals surface area contributed by atoms with Crippen molar-refractivity contribution in [1.82, 2.24) is 0 Å². The molecule has 0 amide bonds. The van der Waals surface area contributed by atoms with Crippen molar-refractivity contribution in [2.24, 2.45) is 0 Å². The first kappa shape index (κ1) is 59.5. The fraction of sp³-hybridized carbons (Fsp3) is 0.545. The molecule has 72 heavy (non-hydrogen) atoms. The standard InChI is InChI=1S/C66H96O6/c1-7-13-19-25-37-67-61-46-58(47-62(52-61)68-38-26-20-14-8-2)34-31-55-43-56(32-35-59-48-63(69-39-27-21-15-9-3)53-64(49-59)70-40-28-22-16-10-4)45-57(44-55)33-36-60-50-65(71-41-29-23-17-11-5)54-66(51-60)72-42-30-24-18-12-6/h31-36,43-54H,7-30,37-42H2,1-6H3/b34-31+,35-32+,36-33+. The Morgan fingerprint density at radius 3 is 0.542 bits per heavy atom. The van der Waals surface area contributed by atoms with Gasteiger partial charge >= 0.3 is 0 Å². The molecule has 0 bridgehead atoms. The van der Waals surface area contributed by atoms with E-state index in [-0.39, 0.29) is 0 Å². The molecule has 0 heterocycles. The summed E-state index contributed by atoms with van der Waals surface area (Å²) < 4.78 is 38.0. The molecule has 0 N–H and O–H groups in total. The van der Waals surface area contributed by atoms with Gasteiger partial charge in [-0.15, -0.1) is 0 Å². The molecule has 0 unspecified atom stereocenters. The number of hydrogen-bond acceptors (Lipinski definition) is 6. The van der Waals surface area contributed by atoms with Gasteiger partial charge in [-0.25, -0.2) is 0 Å². The quantitative estimate of drug-likeness (QED) is 0.0326. The smallest absolute Gasteiger partial charge is 0.123 e. The molecule has 0 spiro atoms. The van der Waals surface area contributed by atoms with Crippen LogP contribution in [0.4, 0.5) is 0 Å². The molecule has 0 aliphatic rings. The van der Waals surface area contributed by atoms with Crippen molar-refractivity contribution < 1.29 is 28.4 Å². The monoisotopic (exact) mass is 985 g/mol. The summed E-state index contributed by atoms with van der Waals surface area (Å²) >= 11 is 0. The number of ether oxygens (including phenoxy) is 6. The number of hydrogen-bond donors (Lipinski definition) is 0. The van der Waals surface area contributed by atoms with Gasteiger partial charge in [0.1, 0.15) is 34.5 Å². The van der Waals surface area contributed by atoms with Crippen LogP contribution in [0.3, 0.4) is 0 Å². The maximum atomic E-state index is 6.33. The van der Waals surface area contributed by atoms with Gasteiger partial charge in [-0.2, -0.15) is 0 Å². The van der Waals surface area contributed by atoms with Gasteiger partial charge in [0, 0.05) is 18.2 Å². The molecule has 0 fully saturated rings. The topological polar surface area (TPSA) is 55.4 Å². The summed E-state index contributed by atoms with van der Waals surface area (Å²) in [6.45, 7) is 17.7. The molecule has 396 valence electrons. The molecule has 0 aromatic heterocycles. The molecule has 4 aromatic rings. The van der Waals surface area contributed by atoms with Gasteiger partial charge in [0.25, 0.3) is 0 Å². The summed E-state index contributed by atoms with van der Waals surface area (Å²) in [4.78, 5) is 0. The van der Waals surface area contributed by atoms with Crippen LogP contribution in [-0.4, -0.2) is 39.6 Å². The van der Waals surface area contributed by atoms with Crippen LogP contribution in [0.1, 0.15) is 229 Å². The fourth-order valence-corrected chi connectivity index (χ4v) is 8.45. The minimum absolute atomic E-state index is 0.703. The van der Waals surface area contributed by atoms with Gasteiger partial charge in [0.05, 0.1) is 39.6 Å². The van der Waals surface area contributed by atoms with Gasteiger partial charge < -0.3 is 28.4 Å². The van der Waals surface area contributed by atoms with Crippen molar-refractivity contribution >= 4 is 36.5 Å². The molecule has 0 aliphatic heterocycles. The highest BCUT2D eigenvalue weighted by Crippen LogP contribution is 2.30. The zero-order chi connectivity index (χ0) is 51.1. The third kappa shape index (κ3) is 26.6. The summed E-state index contributed by atoms with van der Waals surface area (Å²) in [6.07, 6.45) is 41.1. The van der Waals surface area contributed by atoms with E-state index in [1.54, 1.807) is 0 Å². The van der Waals surface area contributed by atoms with Crippen molar-refractivity contribution in [3.63, 3.8) is 0 Å². The van der Waals surface area contributed by atoms with Crippen molar-refractivity contribution in [3.05, 3.63) is 106 Å². The first-order valence-electron chi connectivity index (χ1n) is 28.9. The van der Waals surface area contributed by atoms with Gasteiger partial charge in [-0.3, -0.25) is 0 Å². The van der Waals surface area contributed by atoms with E-state index in [1.165, 1.54) is 116 Å². The Kier molecular flexibility index (Phi) is 31.8. The van der Waals surface area contributed by atoms with E-state index in [9.17, 15) is 0 Å². The maximum absolute atomic E-state index is 6.33. The first-order valence-corrected chi connectivity index (χ1v) is 28.9. The lowest BCUT2D eigenvalue weighted by molar-refractivity contribution is 0.290. The number of benzene rings is 4. The third-order valence-electron chi connectivity index (χ3n) is 12.7. The largest absolute Gasteiger partial charge is 0.493 e. The first-order chi connectivity index (χ1) is 35.4. The lowest BCUT2D eigenvalue weighted by Gasteiger charge is -2.12. The van der Waals surface area contributed by atoms with Gasteiger partial charge in [0.15, 0.2) is 0 Å². The molecule has 4 rings (SSSR count). The lowest BCUT2D eigenvalue weighted by atomic mass is 10.0. The normalized spacial score (nSPS) is 11.6. The van der Waals surface area contributed by atoms with E-state index < -0.39 is 0 Å². The minimum Gasteiger partial charge on any atom is -0.493 e. The lowest BCUT2D eigenvalue weighted by Crippen LogP contribution is -2.00. The van der Waals surface area contributed by atoms with Crippen LogP contribution in [0.2, 0.25) is 0 Å². The van der Waals surface area contributed by atoms with Gasteiger partial charge in [-0.1, -0.05) is 194 Å². The SMILES string of the molecule is CCCCCCOc1cc(/C=C/c2cc(/C=C/c3cc(OCCCCCC)cc(OCCCCCC)c3)cc(/C=C/c3cc(OCCCCCC)cc(OCCCCCC)c3)c2)cc(OCCCCCC)c1. The van der Waals surface area contributed by atoms with E-state index in [2.05, 4.69) is 151 Å². The molecular formula is C66H96O6. The molecular weight excluding hydrogens is 889 g/mol. The molecule has 0 atom stereocenters. The molecule has 0 saturated carbocycles. The zero-order valence-corrected chi connectivity index (χ0v) is 46.1. The summed E-state index contributed by atoms with van der Waals surface area (Å²) in [5.41, 5.74) is 6.40. The Balaban J connectivity index is 1.72. The van der Waals surface area contributed by atoms with Crippen molar-refractivity contribution in [2.75, 3.05) is 39.6 Å². The van der Waals surface area contributed by atoms with Crippen LogP contribution < -0.4 is 28.4 Å². The highest BCUT2D eigenvalue weighted by atomic mass is 16.5. The average Bonchev–Trinajstić information content (AvgIpc) is 3.38. The van der Waals surface area contributed by atoms with E-state index in [4.69, 9.17) is 28.4 Å². The van der Waals surface area contributed by atoms with E-state index in [0.29, 0.717) is 39.6 Å². The maximum Gasteiger partial charge on any atom is 0.123 e. The van der Waals surface area contributed by atoms with Crippen molar-refractivity contribution in [3.8, 4) is 34.5 Å². The van der Waals surface area contributed by atoms with Crippen LogP contribution in [0, 0.1) is 0 Å². The molecule has 0 saturated heterocycles. The minimum atomic E-state index is 0.703. The summed E-state index contributed by atoms with van der Waals surface area (Å²) in [7, 11) is 0. The van der Waals surface area contributed by atoms with Crippen molar-refractivity contribution in [1.29, 1.82) is 0 Å². The number of unbranched alkanes of at least 4 members (excludes halogenated alkanes) is 18. The Morgan fingerprint density at radius 1 is 0.208 bits per heavy atom. The van der Waals surface area contributed by atoms with Crippen molar-refractivity contribution in [2.45, 2.75) is 196 Å². The van der Waals surface area contributed by atoms with Gasteiger partial charge in [-0.05, 0) is 127 Å². The van der Waals surface area contributed by atoms with Crippen LogP contribution >= 0.6 is 0 Å². The predicted octanol–water partition coefficient (Wildman–Crippen LogP) is 20.0. The van der Waals surface area contributed by atoms with E-state index >= 15 is 0 Å². The summed E-state index contributed by atoms with van der Waals surface area (Å²) in [5, 5.41) is 0. The molecule has 4 aromatic carbocycles. The Morgan fingerprint density at radius 2 is 0.375 bits per heavy atom. The molecule has 0 radical (unpaired) electrons. The highest BCUT2D eigenvalue weighted by Gasteiger charge is 2.08. The third-order valence-corrected chi connectivity index (χ3v) is 12.7. The Hall–Kier alpha value is -5.10. The fourth-order valence-electron chi connectivity index (χ4n) is 8.45. The van der Waals surface area contributed by atoms with Crippen LogP contribution in [-0.2, 0) is 0 Å². The summed E-state index contributed by atoms with van der Waals surface area (Å²) in [5.74, 6) is 5.11. The molecule has 6 nitrogen and oxygen atoms in total. The second kappa shape index (κ2) is 38.5. The Labute approximate surface area is 439 Å². The average molecular weight is 985 g/mol. The van der Waals surface area contributed by atoms with Gasteiger partial charge in [0.2, 0.25) is 0 Å². The molecule has 6 heteroatoms. The van der Waals surface area contributed by atoms with E-state index in [0.717, 1.165) is 106 Å². The second-order valence-electron chi connectivity index (χ2n) is 19.6. The predicted molar refractivity (Wildman–Crippen MR) is 310 cm³/mol. The van der Waals surface area contributed by atoms with Crippen LogP contribution in [0.5, 0.6) is 34.5 Å². The summed E-state index contributed by atoms with van der Waals surface area (Å²) in [6, 6.07) is 25.7. The second-order valence-corrected chi connectivity index (χ2v) is 19.6. The number of rotatable bonds is 42. The van der Waals surface area contributed by atoms with Crippen LogP contribution in [0.15, 0.2) is 72.8 Å².